The van der Waals surface area contributed by atoms with Gasteiger partial charge in [-0.15, -0.1) is 0 Å². The van der Waals surface area contributed by atoms with E-state index in [0.29, 0.717) is 19.3 Å². The molecule has 1 atom stereocenters. The molecule has 0 aromatic rings. The van der Waals surface area contributed by atoms with Crippen LogP contribution in [0.5, 0.6) is 0 Å². The maximum atomic E-state index is 12.8. The Kier molecular flexibility index (Phi) is 61.6. The van der Waals surface area contributed by atoms with Crippen molar-refractivity contribution in [1.82, 2.24) is 0 Å². The maximum absolute atomic E-state index is 12.8. The molecule has 0 aliphatic rings. The van der Waals surface area contributed by atoms with Crippen LogP contribution in [0.4, 0.5) is 0 Å². The van der Waals surface area contributed by atoms with E-state index >= 15 is 0 Å². The molecule has 0 fully saturated rings. The van der Waals surface area contributed by atoms with E-state index in [-0.39, 0.29) is 31.1 Å². The van der Waals surface area contributed by atoms with Gasteiger partial charge in [-0.25, -0.2) is 0 Å². The number of esters is 3. The summed E-state index contributed by atoms with van der Waals surface area (Å²) in [5.41, 5.74) is 0. The minimum Gasteiger partial charge on any atom is -0.462 e. The molecule has 0 aromatic heterocycles. The summed E-state index contributed by atoms with van der Waals surface area (Å²) < 4.78 is 16.9. The number of ether oxygens (including phenoxy) is 3. The van der Waals surface area contributed by atoms with Crippen molar-refractivity contribution in [2.45, 2.75) is 380 Å². The van der Waals surface area contributed by atoms with Crippen molar-refractivity contribution < 1.29 is 28.6 Å². The fourth-order valence-electron chi connectivity index (χ4n) is 10.2. The van der Waals surface area contributed by atoms with Crippen LogP contribution in [0.2, 0.25) is 0 Å². The molecule has 1 unspecified atom stereocenters. The van der Waals surface area contributed by atoms with E-state index in [1.807, 2.05) is 0 Å². The summed E-state index contributed by atoms with van der Waals surface area (Å²) in [6.45, 7) is 6.61. The van der Waals surface area contributed by atoms with Crippen molar-refractivity contribution in [3.63, 3.8) is 0 Å². The number of carbonyl (C=O) groups is 3. The van der Waals surface area contributed by atoms with Crippen molar-refractivity contribution in [2.75, 3.05) is 13.2 Å². The van der Waals surface area contributed by atoms with Gasteiger partial charge in [0, 0.05) is 19.3 Å². The standard InChI is InChI=1S/C68H128O6/c1-4-7-10-13-16-19-22-24-26-27-28-29-30-31-32-33-34-35-36-37-38-39-40-41-42-43-45-46-49-52-55-58-61-67(70)73-64-65(63-72-66(69)60-57-54-51-48-21-18-15-12-9-6-3)74-68(71)62-59-56-53-50-47-44-25-23-20-17-14-11-8-5-2/h12,15,23,25,65H,4-11,13-14,16-22,24,26-64H2,1-3H3/b15-12-,25-23-. The molecule has 0 heterocycles. The van der Waals surface area contributed by atoms with Gasteiger partial charge >= 0.3 is 17.9 Å². The molecule has 0 spiro atoms. The van der Waals surface area contributed by atoms with Gasteiger partial charge in [-0.05, 0) is 64.2 Å². The molecule has 74 heavy (non-hydrogen) atoms. The lowest BCUT2D eigenvalue weighted by Gasteiger charge is -2.18. The summed E-state index contributed by atoms with van der Waals surface area (Å²) in [5, 5.41) is 0. The molecule has 0 amide bonds. The Morgan fingerprint density at radius 3 is 0.730 bits per heavy atom. The highest BCUT2D eigenvalue weighted by atomic mass is 16.6. The Morgan fingerprint density at radius 1 is 0.257 bits per heavy atom. The van der Waals surface area contributed by atoms with Gasteiger partial charge in [0.1, 0.15) is 13.2 Å². The first-order valence-electron chi connectivity index (χ1n) is 33.3. The minimum atomic E-state index is -0.775. The topological polar surface area (TPSA) is 78.9 Å². The third-order valence-corrected chi connectivity index (χ3v) is 15.2. The zero-order valence-corrected chi connectivity index (χ0v) is 50.1. The largest absolute Gasteiger partial charge is 0.462 e. The molecule has 0 bridgehead atoms. The fourth-order valence-corrected chi connectivity index (χ4v) is 10.2. The molecule has 0 aliphatic carbocycles. The van der Waals surface area contributed by atoms with E-state index in [4.69, 9.17) is 14.2 Å². The van der Waals surface area contributed by atoms with E-state index in [9.17, 15) is 14.4 Å². The van der Waals surface area contributed by atoms with Crippen LogP contribution in [0.15, 0.2) is 24.3 Å². The van der Waals surface area contributed by atoms with Crippen molar-refractivity contribution in [2.24, 2.45) is 0 Å². The summed E-state index contributed by atoms with van der Waals surface area (Å²) in [7, 11) is 0. The molecule has 0 saturated heterocycles. The Hall–Kier alpha value is -2.11. The van der Waals surface area contributed by atoms with E-state index in [1.165, 1.54) is 257 Å². The van der Waals surface area contributed by atoms with E-state index in [0.717, 1.165) is 77.0 Å². The Labute approximate surface area is 462 Å². The van der Waals surface area contributed by atoms with Gasteiger partial charge in [0.2, 0.25) is 0 Å². The van der Waals surface area contributed by atoms with Gasteiger partial charge in [0.05, 0.1) is 0 Å². The first-order valence-corrected chi connectivity index (χ1v) is 33.3. The predicted molar refractivity (Wildman–Crippen MR) is 321 cm³/mol. The van der Waals surface area contributed by atoms with Crippen LogP contribution >= 0.6 is 0 Å². The molecule has 0 aliphatic heterocycles. The third-order valence-electron chi connectivity index (χ3n) is 15.2. The highest BCUT2D eigenvalue weighted by molar-refractivity contribution is 5.71. The van der Waals surface area contributed by atoms with Crippen molar-refractivity contribution in [3.8, 4) is 0 Å². The van der Waals surface area contributed by atoms with Crippen LogP contribution in [0.1, 0.15) is 374 Å². The molecule has 0 aromatic carbocycles. The Bertz CT molecular complexity index is 1190. The number of allylic oxidation sites excluding steroid dienone is 4. The average molecular weight is 1040 g/mol. The molecule has 6 nitrogen and oxygen atoms in total. The van der Waals surface area contributed by atoms with Crippen molar-refractivity contribution >= 4 is 17.9 Å². The second-order valence-corrected chi connectivity index (χ2v) is 22.7. The van der Waals surface area contributed by atoms with Crippen LogP contribution in [-0.2, 0) is 28.6 Å². The van der Waals surface area contributed by atoms with Crippen molar-refractivity contribution in [1.29, 1.82) is 0 Å². The Balaban J connectivity index is 4.01. The van der Waals surface area contributed by atoms with Gasteiger partial charge in [-0.3, -0.25) is 14.4 Å². The first-order chi connectivity index (χ1) is 36.5. The van der Waals surface area contributed by atoms with E-state index in [1.54, 1.807) is 0 Å². The van der Waals surface area contributed by atoms with Crippen LogP contribution in [0, 0.1) is 0 Å². The van der Waals surface area contributed by atoms with Gasteiger partial charge in [0.15, 0.2) is 6.10 Å². The molecule has 6 heteroatoms. The van der Waals surface area contributed by atoms with Crippen LogP contribution < -0.4 is 0 Å². The van der Waals surface area contributed by atoms with Gasteiger partial charge in [-0.1, -0.05) is 315 Å². The SMILES string of the molecule is CCC/C=C\CCCCCCCC(=O)OCC(COC(=O)CCCCCCCCCCCCCCCCCCCCCCCCCCCCCCCCCC)OC(=O)CCCCCCC/C=C\CCCCCCC. The van der Waals surface area contributed by atoms with Gasteiger partial charge < -0.3 is 14.2 Å². The van der Waals surface area contributed by atoms with Crippen LogP contribution in [0.3, 0.4) is 0 Å². The number of unbranched alkanes of at least 4 members (excludes halogenated alkanes) is 47. The summed E-state index contributed by atoms with van der Waals surface area (Å²) in [5.74, 6) is -0.872. The molecular formula is C68H128O6. The van der Waals surface area contributed by atoms with E-state index in [2.05, 4.69) is 45.1 Å². The van der Waals surface area contributed by atoms with E-state index < -0.39 is 6.10 Å². The average Bonchev–Trinajstić information content (AvgIpc) is 3.40. The number of hydrogen-bond donors (Lipinski definition) is 0. The normalized spacial score (nSPS) is 12.1. The molecular weight excluding hydrogens is 913 g/mol. The Morgan fingerprint density at radius 2 is 0.473 bits per heavy atom. The monoisotopic (exact) mass is 1040 g/mol. The smallest absolute Gasteiger partial charge is 0.306 e. The highest BCUT2D eigenvalue weighted by Gasteiger charge is 2.19. The second kappa shape index (κ2) is 63.4. The lowest BCUT2D eigenvalue weighted by atomic mass is 10.0. The molecule has 436 valence electrons. The van der Waals surface area contributed by atoms with Gasteiger partial charge in [0.25, 0.3) is 0 Å². The summed E-state index contributed by atoms with van der Waals surface area (Å²) in [6.07, 6.45) is 76.6. The number of rotatable bonds is 62. The maximum Gasteiger partial charge on any atom is 0.306 e. The predicted octanol–water partition coefficient (Wildman–Crippen LogP) is 22.6. The number of hydrogen-bond acceptors (Lipinski definition) is 6. The lowest BCUT2D eigenvalue weighted by Crippen LogP contribution is -2.30. The first kappa shape index (κ1) is 71.9. The van der Waals surface area contributed by atoms with Crippen LogP contribution in [-0.4, -0.2) is 37.2 Å². The zero-order valence-electron chi connectivity index (χ0n) is 50.1. The summed E-state index contributed by atoms with van der Waals surface area (Å²) in [6, 6.07) is 0. The highest BCUT2D eigenvalue weighted by Crippen LogP contribution is 2.18. The molecule has 0 rings (SSSR count). The minimum absolute atomic E-state index is 0.0730. The fraction of sp³-hybridized carbons (Fsp3) is 0.897. The summed E-state index contributed by atoms with van der Waals surface area (Å²) in [4.78, 5) is 38.1. The molecule has 0 saturated carbocycles. The van der Waals surface area contributed by atoms with Crippen molar-refractivity contribution in [3.05, 3.63) is 24.3 Å². The second-order valence-electron chi connectivity index (χ2n) is 22.7. The lowest BCUT2D eigenvalue weighted by molar-refractivity contribution is -0.167. The zero-order chi connectivity index (χ0) is 53.6. The molecule has 0 N–H and O–H groups in total. The van der Waals surface area contributed by atoms with Crippen LogP contribution in [0.25, 0.3) is 0 Å². The molecule has 0 radical (unpaired) electrons. The quantitative estimate of drug-likeness (QED) is 0.0261. The summed E-state index contributed by atoms with van der Waals surface area (Å²) >= 11 is 0. The van der Waals surface area contributed by atoms with Gasteiger partial charge in [-0.2, -0.15) is 0 Å². The third kappa shape index (κ3) is 60.8. The number of carbonyl (C=O) groups excluding carboxylic acids is 3.